The molecule has 0 bridgehead atoms. The molecule has 0 N–H and O–H groups in total. The van der Waals surface area contributed by atoms with Gasteiger partial charge in [0.05, 0.1) is 10.3 Å². The van der Waals surface area contributed by atoms with E-state index >= 15 is 0 Å². The van der Waals surface area contributed by atoms with E-state index in [9.17, 15) is 4.79 Å². The lowest BCUT2D eigenvalue weighted by atomic mass is 10.3. The fourth-order valence-electron chi connectivity index (χ4n) is 1.64. The summed E-state index contributed by atoms with van der Waals surface area (Å²) < 4.78 is 1.19. The van der Waals surface area contributed by atoms with Crippen LogP contribution in [0.3, 0.4) is 0 Å². The molecule has 0 atom stereocenters. The van der Waals surface area contributed by atoms with Gasteiger partial charge in [-0.2, -0.15) is 0 Å². The van der Waals surface area contributed by atoms with Gasteiger partial charge in [0.1, 0.15) is 5.78 Å². The highest BCUT2D eigenvalue weighted by Crippen LogP contribution is 2.22. The zero-order valence-corrected chi connectivity index (χ0v) is 10.2. The first kappa shape index (κ1) is 10.3. The summed E-state index contributed by atoms with van der Waals surface area (Å²) in [5.41, 5.74) is 0. The van der Waals surface area contributed by atoms with E-state index in [1.165, 1.54) is 8.66 Å². The van der Waals surface area contributed by atoms with Crippen LogP contribution in [0.5, 0.6) is 0 Å². The van der Waals surface area contributed by atoms with Crippen LogP contribution < -0.4 is 0 Å². The topological polar surface area (TPSA) is 20.3 Å². The first-order chi connectivity index (χ1) is 6.74. The molecule has 2 nitrogen and oxygen atoms in total. The highest BCUT2D eigenvalue weighted by Gasteiger charge is 2.18. The number of carbonyl (C=O) groups is 1. The molecular formula is C10H12BrNOS. The van der Waals surface area contributed by atoms with E-state index in [2.05, 4.69) is 33.0 Å². The Morgan fingerprint density at radius 1 is 1.50 bits per heavy atom. The fraction of sp³-hybridized carbons (Fsp3) is 0.500. The number of nitrogens with zero attached hydrogens (tertiary/aromatic N) is 1. The second-order valence-corrected chi connectivity index (χ2v) is 6.07. The van der Waals surface area contributed by atoms with Crippen molar-refractivity contribution < 1.29 is 4.79 Å². The average molecular weight is 274 g/mol. The molecule has 1 aromatic rings. The van der Waals surface area contributed by atoms with E-state index in [1.54, 1.807) is 11.3 Å². The predicted octanol–water partition coefficient (Wildman–Crippen LogP) is 2.33. The standard InChI is InChI=1S/C10H12BrNOS/c11-10-2-1-9(14-10)4-6-12-5-3-8(13)7-12/h1-2H,3-7H2. The highest BCUT2D eigenvalue weighted by molar-refractivity contribution is 9.11. The van der Waals surface area contributed by atoms with Crippen LogP contribution in [-0.2, 0) is 11.2 Å². The average Bonchev–Trinajstić information content (AvgIpc) is 2.72. The number of carbonyl (C=O) groups excluding carboxylic acids is 1. The highest BCUT2D eigenvalue weighted by atomic mass is 79.9. The van der Waals surface area contributed by atoms with Gasteiger partial charge in [0.2, 0.25) is 0 Å². The molecule has 0 unspecified atom stereocenters. The molecule has 2 heterocycles. The molecule has 0 aromatic carbocycles. The van der Waals surface area contributed by atoms with Gasteiger partial charge in [0.15, 0.2) is 0 Å². The van der Waals surface area contributed by atoms with E-state index < -0.39 is 0 Å². The van der Waals surface area contributed by atoms with Crippen LogP contribution >= 0.6 is 27.3 Å². The van der Waals surface area contributed by atoms with Crippen molar-refractivity contribution in [2.75, 3.05) is 19.6 Å². The van der Waals surface area contributed by atoms with Crippen molar-refractivity contribution in [3.8, 4) is 0 Å². The van der Waals surface area contributed by atoms with Crippen molar-refractivity contribution in [1.29, 1.82) is 0 Å². The van der Waals surface area contributed by atoms with Gasteiger partial charge in [-0.1, -0.05) is 0 Å². The Hall–Kier alpha value is -0.190. The summed E-state index contributed by atoms with van der Waals surface area (Å²) >= 11 is 5.22. The molecule has 0 radical (unpaired) electrons. The molecule has 0 saturated carbocycles. The minimum atomic E-state index is 0.386. The third-order valence-electron chi connectivity index (χ3n) is 2.41. The number of Topliss-reactive ketones (excluding diaryl/α,β-unsaturated/α-hetero) is 1. The summed E-state index contributed by atoms with van der Waals surface area (Å²) in [4.78, 5) is 14.6. The maximum Gasteiger partial charge on any atom is 0.148 e. The molecule has 0 aliphatic carbocycles. The molecule has 0 spiro atoms. The molecule has 1 aliphatic rings. The van der Waals surface area contributed by atoms with Crippen LogP contribution in [0.25, 0.3) is 0 Å². The summed E-state index contributed by atoms with van der Waals surface area (Å²) in [6.45, 7) is 2.62. The van der Waals surface area contributed by atoms with Crippen molar-refractivity contribution in [3.05, 3.63) is 20.8 Å². The normalized spacial score (nSPS) is 17.9. The number of thiophene rings is 1. The van der Waals surface area contributed by atoms with Crippen LogP contribution in [0.1, 0.15) is 11.3 Å². The lowest BCUT2D eigenvalue weighted by Gasteiger charge is -2.11. The van der Waals surface area contributed by atoms with E-state index in [0.717, 1.165) is 25.9 Å². The zero-order valence-electron chi connectivity index (χ0n) is 7.83. The number of likely N-dealkylation sites (tertiary alicyclic amines) is 1. The van der Waals surface area contributed by atoms with Gasteiger partial charge in [-0.25, -0.2) is 0 Å². The Bertz CT molecular complexity index is 337. The summed E-state index contributed by atoms with van der Waals surface area (Å²) in [5.74, 6) is 0.386. The SMILES string of the molecule is O=C1CCN(CCc2ccc(Br)s2)C1. The quantitative estimate of drug-likeness (QED) is 0.843. The van der Waals surface area contributed by atoms with Crippen molar-refractivity contribution in [3.63, 3.8) is 0 Å². The van der Waals surface area contributed by atoms with Gasteiger partial charge in [0.25, 0.3) is 0 Å². The molecule has 4 heteroatoms. The van der Waals surface area contributed by atoms with E-state index in [4.69, 9.17) is 0 Å². The summed E-state index contributed by atoms with van der Waals surface area (Å²) in [5, 5.41) is 0. The molecule has 14 heavy (non-hydrogen) atoms. The van der Waals surface area contributed by atoms with Gasteiger partial charge in [0, 0.05) is 24.4 Å². The van der Waals surface area contributed by atoms with Crippen LogP contribution in [0.2, 0.25) is 0 Å². The lowest BCUT2D eigenvalue weighted by molar-refractivity contribution is -0.116. The lowest BCUT2D eigenvalue weighted by Crippen LogP contribution is -2.23. The smallest absolute Gasteiger partial charge is 0.148 e. The second kappa shape index (κ2) is 4.55. The Balaban J connectivity index is 1.80. The molecular weight excluding hydrogens is 262 g/mol. The Labute approximate surface area is 96.0 Å². The number of rotatable bonds is 3. The number of hydrogen-bond acceptors (Lipinski definition) is 3. The molecule has 2 rings (SSSR count). The van der Waals surface area contributed by atoms with Crippen molar-refractivity contribution >= 4 is 33.0 Å². The maximum absolute atomic E-state index is 11.0. The molecule has 76 valence electrons. The monoisotopic (exact) mass is 273 g/mol. The van der Waals surface area contributed by atoms with Crippen LogP contribution in [0.4, 0.5) is 0 Å². The van der Waals surface area contributed by atoms with E-state index in [1.807, 2.05) is 0 Å². The van der Waals surface area contributed by atoms with Crippen LogP contribution in [-0.4, -0.2) is 30.3 Å². The van der Waals surface area contributed by atoms with E-state index in [0.29, 0.717) is 12.3 Å². The minimum Gasteiger partial charge on any atom is -0.298 e. The van der Waals surface area contributed by atoms with Crippen molar-refractivity contribution in [2.45, 2.75) is 12.8 Å². The summed E-state index contributed by atoms with van der Waals surface area (Å²) in [6, 6.07) is 4.22. The van der Waals surface area contributed by atoms with Gasteiger partial charge < -0.3 is 0 Å². The number of halogens is 1. The maximum atomic E-state index is 11.0. The van der Waals surface area contributed by atoms with E-state index in [-0.39, 0.29) is 0 Å². The number of hydrogen-bond donors (Lipinski definition) is 0. The Morgan fingerprint density at radius 3 is 2.93 bits per heavy atom. The first-order valence-corrected chi connectivity index (χ1v) is 6.33. The van der Waals surface area contributed by atoms with Crippen molar-refractivity contribution in [1.82, 2.24) is 4.90 Å². The van der Waals surface area contributed by atoms with Crippen LogP contribution in [0.15, 0.2) is 15.9 Å². The molecule has 0 amide bonds. The number of ketones is 1. The molecule has 1 fully saturated rings. The fourth-order valence-corrected chi connectivity index (χ4v) is 3.11. The largest absolute Gasteiger partial charge is 0.298 e. The van der Waals surface area contributed by atoms with Crippen molar-refractivity contribution in [2.24, 2.45) is 0 Å². The molecule has 1 aromatic heterocycles. The second-order valence-electron chi connectivity index (χ2n) is 3.52. The third-order valence-corrected chi connectivity index (χ3v) is 4.09. The third kappa shape index (κ3) is 2.65. The predicted molar refractivity (Wildman–Crippen MR) is 61.8 cm³/mol. The van der Waals surface area contributed by atoms with Crippen LogP contribution in [0, 0.1) is 0 Å². The Kier molecular flexibility index (Phi) is 3.36. The van der Waals surface area contributed by atoms with Gasteiger partial charge in [-0.15, -0.1) is 11.3 Å². The minimum absolute atomic E-state index is 0.386. The summed E-state index contributed by atoms with van der Waals surface area (Å²) in [6.07, 6.45) is 1.80. The zero-order chi connectivity index (χ0) is 9.97. The first-order valence-electron chi connectivity index (χ1n) is 4.72. The van der Waals surface area contributed by atoms with Gasteiger partial charge in [-0.05, 0) is 34.5 Å². The Morgan fingerprint density at radius 2 is 2.36 bits per heavy atom. The molecule has 1 aliphatic heterocycles. The summed E-state index contributed by atoms with van der Waals surface area (Å²) in [7, 11) is 0. The van der Waals surface area contributed by atoms with Gasteiger partial charge in [-0.3, -0.25) is 9.69 Å². The van der Waals surface area contributed by atoms with Gasteiger partial charge >= 0.3 is 0 Å². The molecule has 1 saturated heterocycles.